The number of rotatable bonds is 7. The van der Waals surface area contributed by atoms with Gasteiger partial charge in [-0.25, -0.2) is 0 Å². The topological polar surface area (TPSA) is 62.9 Å². The summed E-state index contributed by atoms with van der Waals surface area (Å²) < 4.78 is 23.8. The molecule has 5 atom stereocenters. The van der Waals surface area contributed by atoms with Gasteiger partial charge in [-0.3, -0.25) is 0 Å². The summed E-state index contributed by atoms with van der Waals surface area (Å²) >= 11 is 0. The summed E-state index contributed by atoms with van der Waals surface area (Å²) in [6.45, 7) is 10.9. The summed E-state index contributed by atoms with van der Waals surface area (Å²) in [4.78, 5) is 0. The number of hydrogen-bond donors (Lipinski definition) is 1. The molecule has 0 aliphatic carbocycles. The normalized spacial score (nSPS) is 36.2. The Hall–Kier alpha value is -0.460. The molecule has 0 radical (unpaired) electrons. The molecule has 0 aromatic heterocycles. The second-order valence-electron chi connectivity index (χ2n) is 6.34. The van der Waals surface area contributed by atoms with Gasteiger partial charge in [0.25, 0.3) is 0 Å². The lowest BCUT2D eigenvalue weighted by Gasteiger charge is -2.39. The molecular weight excluding hydrogens is 270 g/mol. The van der Waals surface area contributed by atoms with Crippen LogP contribution in [0.3, 0.4) is 0 Å². The fourth-order valence-electron chi connectivity index (χ4n) is 2.98. The van der Waals surface area contributed by atoms with E-state index in [2.05, 4.69) is 13.5 Å². The third-order valence-electron chi connectivity index (χ3n) is 4.08. The van der Waals surface area contributed by atoms with Crippen LogP contribution in [0.2, 0.25) is 0 Å². The summed E-state index contributed by atoms with van der Waals surface area (Å²) in [6, 6.07) is -0.0379. The van der Waals surface area contributed by atoms with E-state index in [4.69, 9.17) is 24.7 Å². The summed E-state index contributed by atoms with van der Waals surface area (Å²) in [5.41, 5.74) is 6.24. The quantitative estimate of drug-likeness (QED) is 0.577. The van der Waals surface area contributed by atoms with E-state index in [0.29, 0.717) is 13.2 Å². The van der Waals surface area contributed by atoms with E-state index in [1.54, 1.807) is 0 Å². The van der Waals surface area contributed by atoms with Crippen molar-refractivity contribution < 1.29 is 18.9 Å². The highest BCUT2D eigenvalue weighted by Gasteiger charge is 2.53. The average Bonchev–Trinajstić information content (AvgIpc) is 2.74. The molecular formula is C16H29NO4. The Kier molecular flexibility index (Phi) is 5.80. The molecule has 0 bridgehead atoms. The van der Waals surface area contributed by atoms with Gasteiger partial charge in [0.05, 0.1) is 12.7 Å². The number of ether oxygens (including phenoxy) is 4. The Morgan fingerprint density at radius 2 is 2.10 bits per heavy atom. The first kappa shape index (κ1) is 16.9. The number of fused-ring (bicyclic) bond motifs is 1. The highest BCUT2D eigenvalue weighted by atomic mass is 16.8. The monoisotopic (exact) mass is 299 g/mol. The molecule has 0 aromatic carbocycles. The first-order chi connectivity index (χ1) is 9.98. The van der Waals surface area contributed by atoms with Crippen LogP contribution in [0.15, 0.2) is 12.7 Å². The van der Waals surface area contributed by atoms with Gasteiger partial charge >= 0.3 is 0 Å². The molecule has 21 heavy (non-hydrogen) atoms. The number of unbranched alkanes of at least 4 members (excludes halogenated alkanes) is 1. The molecule has 2 heterocycles. The zero-order chi connectivity index (χ0) is 15.5. The minimum Gasteiger partial charge on any atom is -0.350 e. The molecule has 2 rings (SSSR count). The standard InChI is InChI=1S/C16H29NO4/c1-5-7-9-18-15-14-13(20-16(3,4)21-14)11(10-19-15)12(17)8-6-2/h6,11-15H,2,5,7-10,17H2,1,3-4H3/t11-,12?,13?,14?,15+/m0/s1. The molecule has 2 saturated heterocycles. The molecule has 122 valence electrons. The molecule has 5 heteroatoms. The van der Waals surface area contributed by atoms with E-state index in [1.165, 1.54) is 0 Å². The van der Waals surface area contributed by atoms with Crippen LogP contribution in [0.5, 0.6) is 0 Å². The summed E-state index contributed by atoms with van der Waals surface area (Å²) in [6.07, 6.45) is 4.02. The van der Waals surface area contributed by atoms with Crippen LogP contribution < -0.4 is 5.73 Å². The van der Waals surface area contributed by atoms with Gasteiger partial charge in [0.15, 0.2) is 12.1 Å². The Morgan fingerprint density at radius 1 is 1.38 bits per heavy atom. The average molecular weight is 299 g/mol. The molecule has 0 saturated carbocycles. The van der Waals surface area contributed by atoms with E-state index < -0.39 is 5.79 Å². The highest BCUT2D eigenvalue weighted by molar-refractivity contribution is 4.97. The molecule has 0 aromatic rings. The summed E-state index contributed by atoms with van der Waals surface area (Å²) in [5.74, 6) is -0.526. The van der Waals surface area contributed by atoms with E-state index in [1.807, 2.05) is 19.9 Å². The molecule has 0 amide bonds. The molecule has 2 N–H and O–H groups in total. The van der Waals surface area contributed by atoms with Crippen LogP contribution in [0.25, 0.3) is 0 Å². The van der Waals surface area contributed by atoms with E-state index in [-0.39, 0.29) is 30.5 Å². The van der Waals surface area contributed by atoms with Crippen LogP contribution in [-0.4, -0.2) is 43.5 Å². The molecule has 0 spiro atoms. The zero-order valence-electron chi connectivity index (χ0n) is 13.4. The van der Waals surface area contributed by atoms with Crippen molar-refractivity contribution in [2.24, 2.45) is 11.7 Å². The Balaban J connectivity index is 2.04. The lowest BCUT2D eigenvalue weighted by Crippen LogP contribution is -2.54. The summed E-state index contributed by atoms with van der Waals surface area (Å²) in [7, 11) is 0. The van der Waals surface area contributed by atoms with Crippen LogP contribution in [0.4, 0.5) is 0 Å². The van der Waals surface area contributed by atoms with Gasteiger partial charge in [0.2, 0.25) is 0 Å². The van der Waals surface area contributed by atoms with Crippen LogP contribution in [0.1, 0.15) is 40.0 Å². The van der Waals surface area contributed by atoms with Gasteiger partial charge in [-0.05, 0) is 26.7 Å². The van der Waals surface area contributed by atoms with Gasteiger partial charge in [0.1, 0.15) is 6.10 Å². The zero-order valence-corrected chi connectivity index (χ0v) is 13.4. The van der Waals surface area contributed by atoms with Crippen molar-refractivity contribution in [1.82, 2.24) is 0 Å². The van der Waals surface area contributed by atoms with E-state index in [0.717, 1.165) is 19.3 Å². The smallest absolute Gasteiger partial charge is 0.186 e. The molecule has 2 aliphatic rings. The largest absolute Gasteiger partial charge is 0.350 e. The minimum atomic E-state index is -0.623. The van der Waals surface area contributed by atoms with Crippen molar-refractivity contribution in [1.29, 1.82) is 0 Å². The lowest BCUT2D eigenvalue weighted by atomic mass is 9.87. The van der Waals surface area contributed by atoms with Gasteiger partial charge in [-0.15, -0.1) is 6.58 Å². The molecule has 3 unspecified atom stereocenters. The molecule has 2 aliphatic heterocycles. The van der Waals surface area contributed by atoms with Gasteiger partial charge in [-0.1, -0.05) is 19.4 Å². The minimum absolute atomic E-state index is 0.0379. The lowest BCUT2D eigenvalue weighted by molar-refractivity contribution is -0.241. The Morgan fingerprint density at radius 3 is 2.76 bits per heavy atom. The third kappa shape index (κ3) is 4.05. The third-order valence-corrected chi connectivity index (χ3v) is 4.08. The first-order valence-corrected chi connectivity index (χ1v) is 7.94. The van der Waals surface area contributed by atoms with Crippen molar-refractivity contribution in [2.75, 3.05) is 13.2 Å². The Labute approximate surface area is 127 Å². The highest BCUT2D eigenvalue weighted by Crippen LogP contribution is 2.39. The van der Waals surface area contributed by atoms with Crippen molar-refractivity contribution >= 4 is 0 Å². The van der Waals surface area contributed by atoms with Gasteiger partial charge < -0.3 is 24.7 Å². The van der Waals surface area contributed by atoms with Crippen molar-refractivity contribution in [3.8, 4) is 0 Å². The van der Waals surface area contributed by atoms with Gasteiger partial charge in [0, 0.05) is 18.6 Å². The maximum atomic E-state index is 6.24. The molecule has 5 nitrogen and oxygen atoms in total. The van der Waals surface area contributed by atoms with E-state index in [9.17, 15) is 0 Å². The predicted octanol–water partition coefficient (Wildman–Crippen LogP) is 2.20. The maximum Gasteiger partial charge on any atom is 0.186 e. The van der Waals surface area contributed by atoms with Crippen molar-refractivity contribution in [3.05, 3.63) is 12.7 Å². The molecule has 2 fully saturated rings. The van der Waals surface area contributed by atoms with Crippen molar-refractivity contribution in [3.63, 3.8) is 0 Å². The van der Waals surface area contributed by atoms with Crippen LogP contribution in [-0.2, 0) is 18.9 Å². The number of hydrogen-bond acceptors (Lipinski definition) is 5. The van der Waals surface area contributed by atoms with Gasteiger partial charge in [-0.2, -0.15) is 0 Å². The van der Waals surface area contributed by atoms with Crippen LogP contribution in [0, 0.1) is 5.92 Å². The Bertz CT molecular complexity index is 347. The second-order valence-corrected chi connectivity index (χ2v) is 6.34. The predicted molar refractivity (Wildman–Crippen MR) is 80.7 cm³/mol. The second kappa shape index (κ2) is 7.20. The summed E-state index contributed by atoms with van der Waals surface area (Å²) in [5, 5.41) is 0. The van der Waals surface area contributed by atoms with Crippen molar-refractivity contribution in [2.45, 2.75) is 70.4 Å². The first-order valence-electron chi connectivity index (χ1n) is 7.94. The number of nitrogens with two attached hydrogens (primary N) is 1. The fraction of sp³-hybridized carbons (Fsp3) is 0.875. The van der Waals surface area contributed by atoms with E-state index >= 15 is 0 Å². The maximum absolute atomic E-state index is 6.24. The fourth-order valence-corrected chi connectivity index (χ4v) is 2.98. The SMILES string of the molecule is C=CCC(N)[C@@H]1CO[C@@H](OCCCC)C2OC(C)(C)OC21. The van der Waals surface area contributed by atoms with Crippen LogP contribution >= 0.6 is 0 Å².